The smallest absolute Gasteiger partial charge is 0.131 e. The Morgan fingerprint density at radius 2 is 2.37 bits per heavy atom. The quantitative estimate of drug-likeness (QED) is 0.777. The Labute approximate surface area is 115 Å². The molecule has 0 aliphatic carbocycles. The first-order valence-corrected chi connectivity index (χ1v) is 6.99. The highest BCUT2D eigenvalue weighted by Crippen LogP contribution is 2.25. The van der Waals surface area contributed by atoms with Crippen molar-refractivity contribution in [3.05, 3.63) is 64.8 Å². The summed E-state index contributed by atoms with van der Waals surface area (Å²) in [4.78, 5) is 5.70. The van der Waals surface area contributed by atoms with Crippen LogP contribution >= 0.6 is 11.3 Å². The number of nitrogens with zero attached hydrogens (tertiary/aromatic N) is 2. The molecular weight excluding hydrogens is 258 g/mol. The van der Waals surface area contributed by atoms with Gasteiger partial charge in [0.15, 0.2) is 0 Å². The van der Waals surface area contributed by atoms with Crippen LogP contribution < -0.4 is 5.32 Å². The Morgan fingerprint density at radius 1 is 1.42 bits per heavy atom. The maximum absolute atomic E-state index is 5.36. The summed E-state index contributed by atoms with van der Waals surface area (Å²) in [6.45, 7) is 0.683. The van der Waals surface area contributed by atoms with E-state index in [1.54, 1.807) is 17.6 Å². The molecule has 1 N–H and O–H groups in total. The topological polar surface area (TPSA) is 43.0 Å². The fraction of sp³-hybridized carbons (Fsp3) is 0.214. The maximum atomic E-state index is 5.36. The van der Waals surface area contributed by atoms with Crippen LogP contribution in [0.2, 0.25) is 0 Å². The summed E-state index contributed by atoms with van der Waals surface area (Å²) in [7, 11) is 2.01. The van der Waals surface area contributed by atoms with Gasteiger partial charge in [-0.15, -0.1) is 11.3 Å². The minimum absolute atomic E-state index is 0.0881. The molecule has 0 aliphatic rings. The average molecular weight is 273 g/mol. The van der Waals surface area contributed by atoms with Crippen molar-refractivity contribution in [1.82, 2.24) is 14.9 Å². The minimum Gasteiger partial charge on any atom is -0.468 e. The van der Waals surface area contributed by atoms with E-state index in [0.717, 1.165) is 11.6 Å². The standard InChI is InChI=1S/C14H15N3OS/c1-17-7-6-15-14(17)13(12-5-3-9-19-12)16-10-11-4-2-8-18-11/h2-9,13,16H,10H2,1H3. The highest BCUT2D eigenvalue weighted by atomic mass is 32.1. The zero-order valence-corrected chi connectivity index (χ0v) is 11.4. The van der Waals surface area contributed by atoms with Gasteiger partial charge in [-0.1, -0.05) is 6.07 Å². The molecule has 19 heavy (non-hydrogen) atoms. The van der Waals surface area contributed by atoms with E-state index in [4.69, 9.17) is 4.42 Å². The molecule has 0 aliphatic heterocycles. The fourth-order valence-electron chi connectivity index (χ4n) is 2.05. The van der Waals surface area contributed by atoms with Crippen LogP contribution in [0.4, 0.5) is 0 Å². The van der Waals surface area contributed by atoms with Crippen LogP contribution in [0.3, 0.4) is 0 Å². The number of rotatable bonds is 5. The molecule has 1 unspecified atom stereocenters. The Balaban J connectivity index is 1.83. The van der Waals surface area contributed by atoms with Gasteiger partial charge in [0.1, 0.15) is 17.6 Å². The third-order valence-electron chi connectivity index (χ3n) is 3.00. The molecule has 0 saturated carbocycles. The number of hydrogen-bond acceptors (Lipinski definition) is 4. The van der Waals surface area contributed by atoms with Gasteiger partial charge in [0.05, 0.1) is 12.8 Å². The summed E-state index contributed by atoms with van der Waals surface area (Å²) in [6.07, 6.45) is 5.48. The van der Waals surface area contributed by atoms with E-state index < -0.39 is 0 Å². The van der Waals surface area contributed by atoms with Crippen LogP contribution in [-0.2, 0) is 13.6 Å². The van der Waals surface area contributed by atoms with Crippen molar-refractivity contribution < 1.29 is 4.42 Å². The normalized spacial score (nSPS) is 12.7. The van der Waals surface area contributed by atoms with E-state index in [-0.39, 0.29) is 6.04 Å². The number of hydrogen-bond donors (Lipinski definition) is 1. The Bertz CT molecular complexity index is 613. The van der Waals surface area contributed by atoms with E-state index >= 15 is 0 Å². The van der Waals surface area contributed by atoms with Gasteiger partial charge in [0, 0.05) is 24.3 Å². The zero-order valence-electron chi connectivity index (χ0n) is 10.6. The molecule has 5 heteroatoms. The molecule has 3 aromatic rings. The number of nitrogens with one attached hydrogen (secondary N) is 1. The summed E-state index contributed by atoms with van der Waals surface area (Å²) in [6, 6.07) is 8.14. The maximum Gasteiger partial charge on any atom is 0.131 e. The second-order valence-electron chi connectivity index (χ2n) is 4.31. The van der Waals surface area contributed by atoms with Crippen LogP contribution in [-0.4, -0.2) is 9.55 Å². The zero-order chi connectivity index (χ0) is 13.1. The van der Waals surface area contributed by atoms with Gasteiger partial charge in [0.25, 0.3) is 0 Å². The summed E-state index contributed by atoms with van der Waals surface area (Å²) in [5.41, 5.74) is 0. The number of aryl methyl sites for hydroxylation is 1. The molecule has 0 saturated heterocycles. The first-order valence-electron chi connectivity index (χ1n) is 6.11. The van der Waals surface area contributed by atoms with Crippen LogP contribution in [0.1, 0.15) is 22.5 Å². The Morgan fingerprint density at radius 3 is 3.00 bits per heavy atom. The lowest BCUT2D eigenvalue weighted by Crippen LogP contribution is -2.23. The number of furan rings is 1. The van der Waals surface area contributed by atoms with Crippen LogP contribution in [0, 0.1) is 0 Å². The van der Waals surface area contributed by atoms with Gasteiger partial charge in [0.2, 0.25) is 0 Å². The molecular formula is C14H15N3OS. The fourth-order valence-corrected chi connectivity index (χ4v) is 2.84. The van der Waals surface area contributed by atoms with Gasteiger partial charge in [-0.05, 0) is 23.6 Å². The van der Waals surface area contributed by atoms with Gasteiger partial charge < -0.3 is 8.98 Å². The van der Waals surface area contributed by atoms with E-state index in [9.17, 15) is 0 Å². The number of imidazole rings is 1. The molecule has 0 radical (unpaired) electrons. The van der Waals surface area contributed by atoms with E-state index in [1.807, 2.05) is 36.1 Å². The first-order chi connectivity index (χ1) is 9.34. The molecule has 0 bridgehead atoms. The van der Waals surface area contributed by atoms with Crippen molar-refractivity contribution in [2.45, 2.75) is 12.6 Å². The molecule has 1 atom stereocenters. The van der Waals surface area contributed by atoms with Gasteiger partial charge in [-0.3, -0.25) is 5.32 Å². The van der Waals surface area contributed by atoms with Crippen molar-refractivity contribution in [3.63, 3.8) is 0 Å². The lowest BCUT2D eigenvalue weighted by atomic mass is 10.2. The van der Waals surface area contributed by atoms with E-state index in [0.29, 0.717) is 6.54 Å². The van der Waals surface area contributed by atoms with Crippen LogP contribution in [0.25, 0.3) is 0 Å². The molecule has 0 aromatic carbocycles. The Kier molecular flexibility index (Phi) is 3.48. The minimum atomic E-state index is 0.0881. The van der Waals surface area contributed by atoms with Crippen molar-refractivity contribution in [2.24, 2.45) is 7.05 Å². The first kappa shape index (κ1) is 12.2. The SMILES string of the molecule is Cn1ccnc1C(NCc1ccco1)c1cccs1. The molecule has 0 fully saturated rings. The van der Waals surface area contributed by atoms with Gasteiger partial charge in [-0.2, -0.15) is 0 Å². The predicted octanol–water partition coefficient (Wildman–Crippen LogP) is 2.95. The number of aromatic nitrogens is 2. The van der Waals surface area contributed by atoms with Gasteiger partial charge in [-0.25, -0.2) is 4.98 Å². The highest BCUT2D eigenvalue weighted by Gasteiger charge is 2.19. The lowest BCUT2D eigenvalue weighted by Gasteiger charge is -2.16. The molecule has 3 aromatic heterocycles. The summed E-state index contributed by atoms with van der Waals surface area (Å²) in [5.74, 6) is 1.93. The third kappa shape index (κ3) is 2.62. The van der Waals surface area contributed by atoms with E-state index in [1.165, 1.54) is 4.88 Å². The second-order valence-corrected chi connectivity index (χ2v) is 5.28. The summed E-state index contributed by atoms with van der Waals surface area (Å²) >= 11 is 1.73. The molecule has 3 rings (SSSR count). The lowest BCUT2D eigenvalue weighted by molar-refractivity contribution is 0.461. The monoisotopic (exact) mass is 273 g/mol. The molecule has 0 amide bonds. The van der Waals surface area contributed by atoms with Crippen molar-refractivity contribution in [2.75, 3.05) is 0 Å². The van der Waals surface area contributed by atoms with Crippen LogP contribution in [0.5, 0.6) is 0 Å². The second kappa shape index (κ2) is 5.42. The number of thiophene rings is 1. The molecule has 98 valence electrons. The molecule has 4 nitrogen and oxygen atoms in total. The predicted molar refractivity (Wildman–Crippen MR) is 74.9 cm³/mol. The van der Waals surface area contributed by atoms with Crippen molar-refractivity contribution in [1.29, 1.82) is 0 Å². The Hall–Kier alpha value is -1.85. The molecule has 3 heterocycles. The van der Waals surface area contributed by atoms with E-state index in [2.05, 4.69) is 27.8 Å². The van der Waals surface area contributed by atoms with Crippen LogP contribution in [0.15, 0.2) is 52.7 Å². The largest absolute Gasteiger partial charge is 0.468 e. The van der Waals surface area contributed by atoms with Crippen molar-refractivity contribution >= 4 is 11.3 Å². The highest BCUT2D eigenvalue weighted by molar-refractivity contribution is 7.10. The summed E-state index contributed by atoms with van der Waals surface area (Å²) in [5, 5.41) is 5.58. The molecule has 0 spiro atoms. The van der Waals surface area contributed by atoms with Gasteiger partial charge >= 0.3 is 0 Å². The third-order valence-corrected chi connectivity index (χ3v) is 3.94. The summed E-state index contributed by atoms with van der Waals surface area (Å²) < 4.78 is 7.40. The van der Waals surface area contributed by atoms with Crippen molar-refractivity contribution in [3.8, 4) is 0 Å². The average Bonchev–Trinajstić information content (AvgIpc) is 3.13.